The first kappa shape index (κ1) is 27.1. The van der Waals surface area contributed by atoms with Crippen molar-refractivity contribution in [2.75, 3.05) is 16.7 Å². The first-order valence-corrected chi connectivity index (χ1v) is 11.8. The average molecular weight is 525 g/mol. The zero-order valence-corrected chi connectivity index (χ0v) is 19.9. The second-order valence-electron chi connectivity index (χ2n) is 7.97. The molecule has 2 aromatic carbocycles. The highest BCUT2D eigenvalue weighted by Crippen LogP contribution is 2.32. The maximum atomic E-state index is 14.6. The lowest BCUT2D eigenvalue weighted by atomic mass is 9.91. The number of aromatic nitrogens is 1. The Bertz CT molecular complexity index is 1240. The number of carbonyl (C=O) groups excluding carboxylic acids is 1. The SMILES string of the molecule is CN(c1ccc(C(CCc2ccc(C(F)(F)F)nc2NCc2ccccc2)C(N)=O)cc1F)S(=O)O. The number of nitrogens with one attached hydrogen (secondary N) is 1. The lowest BCUT2D eigenvalue weighted by Gasteiger charge is -2.19. The summed E-state index contributed by atoms with van der Waals surface area (Å²) in [6.07, 6.45) is -4.44. The number of alkyl halides is 3. The molecule has 1 amide bonds. The van der Waals surface area contributed by atoms with Crippen molar-refractivity contribution in [2.45, 2.75) is 31.5 Å². The maximum Gasteiger partial charge on any atom is 0.433 e. The number of primary amides is 1. The molecule has 12 heteroatoms. The molecule has 0 aliphatic rings. The number of carbonyl (C=O) groups is 1. The van der Waals surface area contributed by atoms with Gasteiger partial charge in [0.05, 0.1) is 11.6 Å². The van der Waals surface area contributed by atoms with E-state index in [0.717, 1.165) is 22.0 Å². The van der Waals surface area contributed by atoms with Crippen molar-refractivity contribution < 1.29 is 31.1 Å². The van der Waals surface area contributed by atoms with Crippen molar-refractivity contribution in [3.8, 4) is 0 Å². The summed E-state index contributed by atoms with van der Waals surface area (Å²) in [5.41, 5.74) is 5.83. The zero-order chi connectivity index (χ0) is 26.5. The minimum Gasteiger partial charge on any atom is -0.369 e. The summed E-state index contributed by atoms with van der Waals surface area (Å²) >= 11 is -2.45. The number of hydrogen-bond acceptors (Lipinski definition) is 4. The van der Waals surface area contributed by atoms with Gasteiger partial charge in [0, 0.05) is 13.6 Å². The van der Waals surface area contributed by atoms with E-state index >= 15 is 0 Å². The van der Waals surface area contributed by atoms with Crippen molar-refractivity contribution in [2.24, 2.45) is 5.73 Å². The molecular weight excluding hydrogens is 500 g/mol. The molecule has 0 bridgehead atoms. The number of pyridine rings is 1. The molecule has 36 heavy (non-hydrogen) atoms. The van der Waals surface area contributed by atoms with Crippen LogP contribution in [0.4, 0.5) is 29.1 Å². The van der Waals surface area contributed by atoms with Crippen LogP contribution in [0.15, 0.2) is 60.7 Å². The lowest BCUT2D eigenvalue weighted by molar-refractivity contribution is -0.141. The summed E-state index contributed by atoms with van der Waals surface area (Å²) in [5, 5.41) is 2.93. The number of hydrogen-bond donors (Lipinski definition) is 3. The predicted molar refractivity (Wildman–Crippen MR) is 129 cm³/mol. The Hall–Kier alpha value is -3.51. The van der Waals surface area contributed by atoms with Gasteiger partial charge in [0.1, 0.15) is 17.3 Å². The van der Waals surface area contributed by atoms with Gasteiger partial charge in [0.15, 0.2) is 0 Å². The topological polar surface area (TPSA) is 109 Å². The van der Waals surface area contributed by atoms with Gasteiger partial charge in [-0.1, -0.05) is 42.5 Å². The molecule has 0 aliphatic carbocycles. The summed E-state index contributed by atoms with van der Waals surface area (Å²) in [5.74, 6) is -2.52. The number of amides is 1. The Kier molecular flexibility index (Phi) is 8.64. The third-order valence-corrected chi connectivity index (χ3v) is 6.23. The highest BCUT2D eigenvalue weighted by atomic mass is 32.2. The molecule has 192 valence electrons. The van der Waals surface area contributed by atoms with E-state index in [2.05, 4.69) is 10.3 Å². The van der Waals surface area contributed by atoms with Gasteiger partial charge < -0.3 is 11.1 Å². The molecule has 1 heterocycles. The van der Waals surface area contributed by atoms with Crippen LogP contribution in [-0.2, 0) is 35.2 Å². The maximum absolute atomic E-state index is 14.6. The van der Waals surface area contributed by atoms with Crippen LogP contribution in [0.5, 0.6) is 0 Å². The largest absolute Gasteiger partial charge is 0.433 e. The van der Waals surface area contributed by atoms with E-state index in [1.54, 1.807) is 12.1 Å². The van der Waals surface area contributed by atoms with Crippen LogP contribution in [0.25, 0.3) is 0 Å². The highest BCUT2D eigenvalue weighted by Gasteiger charge is 2.33. The predicted octanol–water partition coefficient (Wildman–Crippen LogP) is 4.63. The minimum absolute atomic E-state index is 0.0190. The van der Waals surface area contributed by atoms with E-state index < -0.39 is 40.8 Å². The second-order valence-corrected chi connectivity index (χ2v) is 8.98. The first-order valence-electron chi connectivity index (χ1n) is 10.8. The summed E-state index contributed by atoms with van der Waals surface area (Å²) in [6, 6.07) is 14.9. The van der Waals surface area contributed by atoms with Crippen molar-refractivity contribution in [3.05, 3.63) is 88.9 Å². The Morgan fingerprint density at radius 3 is 2.44 bits per heavy atom. The number of nitrogens with two attached hydrogens (primary N) is 1. The number of aryl methyl sites for hydroxylation is 1. The molecule has 4 N–H and O–H groups in total. The summed E-state index contributed by atoms with van der Waals surface area (Å²) in [7, 11) is 1.22. The van der Waals surface area contributed by atoms with Crippen LogP contribution in [-0.4, -0.2) is 26.7 Å². The molecule has 2 unspecified atom stereocenters. The van der Waals surface area contributed by atoms with Crippen LogP contribution in [0.1, 0.15) is 34.7 Å². The average Bonchev–Trinajstić information content (AvgIpc) is 2.82. The summed E-state index contributed by atoms with van der Waals surface area (Å²) < 4.78 is 75.5. The molecule has 1 aromatic heterocycles. The van der Waals surface area contributed by atoms with Gasteiger partial charge in [0.2, 0.25) is 5.91 Å². The third-order valence-electron chi connectivity index (χ3n) is 5.57. The lowest BCUT2D eigenvalue weighted by Crippen LogP contribution is -2.23. The van der Waals surface area contributed by atoms with Gasteiger partial charge in [-0.05, 0) is 47.7 Å². The van der Waals surface area contributed by atoms with Gasteiger partial charge in [0.25, 0.3) is 11.3 Å². The smallest absolute Gasteiger partial charge is 0.369 e. The van der Waals surface area contributed by atoms with Gasteiger partial charge in [-0.3, -0.25) is 13.7 Å². The third kappa shape index (κ3) is 6.79. The summed E-state index contributed by atoms with van der Waals surface area (Å²) in [4.78, 5) is 15.9. The molecule has 0 fully saturated rings. The first-order chi connectivity index (χ1) is 17.0. The number of benzene rings is 2. The van der Waals surface area contributed by atoms with E-state index in [1.807, 2.05) is 18.2 Å². The fourth-order valence-corrected chi connectivity index (χ4v) is 3.95. The quantitative estimate of drug-likeness (QED) is 0.265. The van der Waals surface area contributed by atoms with Crippen molar-refractivity contribution >= 4 is 28.7 Å². The number of rotatable bonds is 10. The second kappa shape index (κ2) is 11.5. The van der Waals surface area contributed by atoms with E-state index in [1.165, 1.54) is 25.2 Å². The summed E-state index contributed by atoms with van der Waals surface area (Å²) in [6.45, 7) is 0.230. The van der Waals surface area contributed by atoms with Crippen LogP contribution < -0.4 is 15.4 Å². The van der Waals surface area contributed by atoms with Crippen LogP contribution in [0.3, 0.4) is 0 Å². The fourth-order valence-electron chi connectivity index (χ4n) is 3.63. The Morgan fingerprint density at radius 2 is 1.86 bits per heavy atom. The Labute approximate surface area is 207 Å². The van der Waals surface area contributed by atoms with E-state index in [0.29, 0.717) is 5.56 Å². The molecule has 0 saturated heterocycles. The van der Waals surface area contributed by atoms with Gasteiger partial charge in [-0.2, -0.15) is 13.2 Å². The molecule has 3 rings (SSSR count). The van der Waals surface area contributed by atoms with Crippen molar-refractivity contribution in [3.63, 3.8) is 0 Å². The number of nitrogens with zero attached hydrogens (tertiary/aromatic N) is 2. The molecular formula is C24H24F4N4O3S. The zero-order valence-electron chi connectivity index (χ0n) is 19.1. The van der Waals surface area contributed by atoms with Gasteiger partial charge in [-0.25, -0.2) is 13.6 Å². The standard InChI is InChI=1S/C24H24F4N4O3S/c1-32(36(34)35)20-11-8-17(13-19(20)25)18(22(29)33)10-7-16-9-12-21(24(26,27)28)31-23(16)30-14-15-5-3-2-4-6-15/h2-6,8-9,11-13,18H,7,10,14H2,1H3,(H2,29,33)(H,30,31)(H,34,35). The van der Waals surface area contributed by atoms with Gasteiger partial charge in [-0.15, -0.1) is 0 Å². The monoisotopic (exact) mass is 524 g/mol. The van der Waals surface area contributed by atoms with Crippen LogP contribution in [0, 0.1) is 5.82 Å². The molecule has 7 nitrogen and oxygen atoms in total. The van der Waals surface area contributed by atoms with Crippen LogP contribution in [0.2, 0.25) is 0 Å². The number of anilines is 2. The molecule has 3 aromatic rings. The fraction of sp³-hybridized carbons (Fsp3) is 0.250. The van der Waals surface area contributed by atoms with Crippen LogP contribution >= 0.6 is 0 Å². The molecule has 2 atom stereocenters. The Balaban J connectivity index is 1.84. The highest BCUT2D eigenvalue weighted by molar-refractivity contribution is 7.80. The van der Waals surface area contributed by atoms with Gasteiger partial charge >= 0.3 is 6.18 Å². The molecule has 0 radical (unpaired) electrons. The van der Waals surface area contributed by atoms with E-state index in [9.17, 15) is 26.6 Å². The Morgan fingerprint density at radius 1 is 1.17 bits per heavy atom. The van der Waals surface area contributed by atoms with E-state index in [-0.39, 0.29) is 36.5 Å². The van der Waals surface area contributed by atoms with E-state index in [4.69, 9.17) is 10.3 Å². The minimum atomic E-state index is -4.64. The molecule has 0 saturated carbocycles. The molecule has 0 spiro atoms. The normalized spacial score (nSPS) is 13.2. The number of halogens is 4. The van der Waals surface area contributed by atoms with Crippen molar-refractivity contribution in [1.29, 1.82) is 0 Å². The molecule has 0 aliphatic heterocycles. The van der Waals surface area contributed by atoms with Crippen molar-refractivity contribution in [1.82, 2.24) is 4.98 Å².